The molecule has 1 fully saturated rings. The highest BCUT2D eigenvalue weighted by molar-refractivity contribution is 7.89. The van der Waals surface area contributed by atoms with Gasteiger partial charge in [0.05, 0.1) is 11.5 Å². The normalized spacial score (nSPS) is 17.8. The quantitative estimate of drug-likeness (QED) is 0.736. The molecule has 1 aromatic rings. The van der Waals surface area contributed by atoms with E-state index >= 15 is 0 Å². The van der Waals surface area contributed by atoms with Crippen LogP contribution < -0.4 is 9.57 Å². The number of nitrogens with one attached hydrogen (secondary N) is 1. The number of nitrogens with zero attached hydrogens (tertiary/aromatic N) is 2. The van der Waals surface area contributed by atoms with E-state index in [2.05, 4.69) is 9.73 Å². The molecule has 2 rings (SSSR count). The summed E-state index contributed by atoms with van der Waals surface area (Å²) < 4.78 is 29.7. The van der Waals surface area contributed by atoms with E-state index in [1.165, 1.54) is 12.1 Å². The van der Waals surface area contributed by atoms with E-state index in [4.69, 9.17) is 9.84 Å². The maximum absolute atomic E-state index is 12.3. The number of aliphatic hydroxyl groups is 1. The van der Waals surface area contributed by atoms with Crippen LogP contribution in [0.15, 0.2) is 29.2 Å². The molecule has 1 aliphatic rings. The fourth-order valence-electron chi connectivity index (χ4n) is 2.00. The first-order chi connectivity index (χ1) is 10.0. The SMILES string of the molecule is CN1CCN(NS(=O)(=O)c2ccc(OCCO)cc2)CC1. The summed E-state index contributed by atoms with van der Waals surface area (Å²) >= 11 is 0. The Morgan fingerprint density at radius 3 is 2.38 bits per heavy atom. The molecule has 0 aliphatic carbocycles. The van der Waals surface area contributed by atoms with Crippen molar-refractivity contribution >= 4 is 10.0 Å². The van der Waals surface area contributed by atoms with E-state index in [-0.39, 0.29) is 18.1 Å². The van der Waals surface area contributed by atoms with Crippen LogP contribution in [0.2, 0.25) is 0 Å². The van der Waals surface area contributed by atoms with Crippen LogP contribution in [0.4, 0.5) is 0 Å². The lowest BCUT2D eigenvalue weighted by molar-refractivity contribution is 0.135. The number of likely N-dealkylation sites (N-methyl/N-ethyl adjacent to an activating group) is 1. The molecule has 0 atom stereocenters. The molecule has 8 heteroatoms. The van der Waals surface area contributed by atoms with Crippen molar-refractivity contribution in [2.45, 2.75) is 4.90 Å². The van der Waals surface area contributed by atoms with Gasteiger partial charge in [0, 0.05) is 26.2 Å². The Morgan fingerprint density at radius 2 is 1.81 bits per heavy atom. The first-order valence-corrected chi connectivity index (χ1v) is 8.29. The third-order valence-corrected chi connectivity index (χ3v) is 4.64. The summed E-state index contributed by atoms with van der Waals surface area (Å²) in [4.78, 5) is 4.94. The summed E-state index contributed by atoms with van der Waals surface area (Å²) in [5, 5.41) is 10.4. The van der Waals surface area contributed by atoms with Crippen molar-refractivity contribution in [3.8, 4) is 5.75 Å². The van der Waals surface area contributed by atoms with Gasteiger partial charge in [-0.2, -0.15) is 0 Å². The van der Waals surface area contributed by atoms with Crippen molar-refractivity contribution in [2.75, 3.05) is 46.4 Å². The highest BCUT2D eigenvalue weighted by Gasteiger charge is 2.21. The van der Waals surface area contributed by atoms with E-state index in [9.17, 15) is 8.42 Å². The summed E-state index contributed by atoms with van der Waals surface area (Å²) in [5.41, 5.74) is 0. The second kappa shape index (κ2) is 7.19. The van der Waals surface area contributed by atoms with Crippen molar-refractivity contribution in [1.82, 2.24) is 14.7 Å². The summed E-state index contributed by atoms with van der Waals surface area (Å²) in [5.74, 6) is 0.530. The molecule has 1 aromatic carbocycles. The minimum atomic E-state index is -3.56. The predicted octanol–water partition coefficient (Wildman–Crippen LogP) is -0.502. The van der Waals surface area contributed by atoms with Gasteiger partial charge in [-0.15, -0.1) is 4.83 Å². The van der Waals surface area contributed by atoms with Crippen LogP contribution in [0, 0.1) is 0 Å². The van der Waals surface area contributed by atoms with Gasteiger partial charge in [0.15, 0.2) is 0 Å². The zero-order chi connectivity index (χ0) is 15.3. The van der Waals surface area contributed by atoms with Gasteiger partial charge in [-0.3, -0.25) is 0 Å². The number of hydrogen-bond acceptors (Lipinski definition) is 6. The van der Waals surface area contributed by atoms with Gasteiger partial charge in [0.2, 0.25) is 0 Å². The Hall–Kier alpha value is -1.19. The number of benzene rings is 1. The van der Waals surface area contributed by atoms with Crippen LogP contribution >= 0.6 is 0 Å². The molecular formula is C13H21N3O4S. The van der Waals surface area contributed by atoms with Crippen molar-refractivity contribution in [3.63, 3.8) is 0 Å². The Balaban J connectivity index is 1.98. The maximum Gasteiger partial charge on any atom is 0.253 e. The Bertz CT molecular complexity index is 539. The second-order valence-electron chi connectivity index (χ2n) is 4.93. The number of hydrazine groups is 1. The molecule has 0 bridgehead atoms. The molecule has 1 aliphatic heterocycles. The largest absolute Gasteiger partial charge is 0.491 e. The van der Waals surface area contributed by atoms with Gasteiger partial charge in [0.25, 0.3) is 10.0 Å². The fourth-order valence-corrected chi connectivity index (χ4v) is 3.12. The molecule has 0 spiro atoms. The summed E-state index contributed by atoms with van der Waals surface area (Å²) in [6.45, 7) is 3.09. The standard InChI is InChI=1S/C13H21N3O4S/c1-15-6-8-16(9-7-15)14-21(18,19)13-4-2-12(3-5-13)20-11-10-17/h2-5,14,17H,6-11H2,1H3. The summed E-state index contributed by atoms with van der Waals surface area (Å²) in [7, 11) is -1.55. The molecule has 1 saturated heterocycles. The third-order valence-electron chi connectivity index (χ3n) is 3.25. The molecule has 1 heterocycles. The van der Waals surface area contributed by atoms with E-state index in [1.54, 1.807) is 17.1 Å². The zero-order valence-electron chi connectivity index (χ0n) is 12.0. The fraction of sp³-hybridized carbons (Fsp3) is 0.538. The van der Waals surface area contributed by atoms with Crippen molar-refractivity contribution in [1.29, 1.82) is 0 Å². The van der Waals surface area contributed by atoms with Crippen molar-refractivity contribution in [3.05, 3.63) is 24.3 Å². The van der Waals surface area contributed by atoms with Gasteiger partial charge in [-0.1, -0.05) is 0 Å². The van der Waals surface area contributed by atoms with Gasteiger partial charge in [0.1, 0.15) is 12.4 Å². The highest BCUT2D eigenvalue weighted by atomic mass is 32.2. The number of sulfonamides is 1. The molecule has 0 unspecified atom stereocenters. The number of ether oxygens (including phenoxy) is 1. The van der Waals surface area contributed by atoms with Gasteiger partial charge in [-0.05, 0) is 31.3 Å². The first kappa shape index (κ1) is 16.2. The van der Waals surface area contributed by atoms with Crippen LogP contribution in [0.5, 0.6) is 5.75 Å². The molecule has 2 N–H and O–H groups in total. The Morgan fingerprint density at radius 1 is 1.19 bits per heavy atom. The Labute approximate surface area is 125 Å². The predicted molar refractivity (Wildman–Crippen MR) is 78.4 cm³/mol. The molecule has 0 amide bonds. The van der Waals surface area contributed by atoms with Crippen LogP contribution in [0.3, 0.4) is 0 Å². The lowest BCUT2D eigenvalue weighted by Crippen LogP contribution is -2.52. The molecule has 118 valence electrons. The molecule has 0 saturated carbocycles. The van der Waals surface area contributed by atoms with Crippen molar-refractivity contribution in [2.24, 2.45) is 0 Å². The average molecular weight is 315 g/mol. The Kier molecular flexibility index (Phi) is 5.54. The first-order valence-electron chi connectivity index (χ1n) is 6.81. The average Bonchev–Trinajstić information content (AvgIpc) is 2.48. The molecule has 0 radical (unpaired) electrons. The van der Waals surface area contributed by atoms with E-state index in [1.807, 2.05) is 7.05 Å². The van der Waals surface area contributed by atoms with Crippen molar-refractivity contribution < 1.29 is 18.3 Å². The highest BCUT2D eigenvalue weighted by Crippen LogP contribution is 2.16. The second-order valence-corrected chi connectivity index (χ2v) is 6.59. The number of aliphatic hydroxyl groups excluding tert-OH is 1. The number of piperazine rings is 1. The number of hydrogen-bond donors (Lipinski definition) is 2. The molecule has 7 nitrogen and oxygen atoms in total. The lowest BCUT2D eigenvalue weighted by Gasteiger charge is -2.32. The molecule has 21 heavy (non-hydrogen) atoms. The molecule has 0 aromatic heterocycles. The topological polar surface area (TPSA) is 82.1 Å². The van der Waals surface area contributed by atoms with Gasteiger partial charge in [-0.25, -0.2) is 13.4 Å². The van der Waals surface area contributed by atoms with Crippen LogP contribution in [0.1, 0.15) is 0 Å². The van der Waals surface area contributed by atoms with E-state index in [0.29, 0.717) is 18.8 Å². The monoisotopic (exact) mass is 315 g/mol. The van der Waals surface area contributed by atoms with Crippen LogP contribution in [0.25, 0.3) is 0 Å². The van der Waals surface area contributed by atoms with E-state index < -0.39 is 10.0 Å². The minimum Gasteiger partial charge on any atom is -0.491 e. The van der Waals surface area contributed by atoms with Crippen LogP contribution in [-0.4, -0.2) is 69.9 Å². The van der Waals surface area contributed by atoms with E-state index in [0.717, 1.165) is 13.1 Å². The minimum absolute atomic E-state index is 0.0784. The smallest absolute Gasteiger partial charge is 0.253 e. The molecular weight excluding hydrogens is 294 g/mol. The van der Waals surface area contributed by atoms with Gasteiger partial charge >= 0.3 is 0 Å². The summed E-state index contributed by atoms with van der Waals surface area (Å²) in [6, 6.07) is 6.14. The zero-order valence-corrected chi connectivity index (χ0v) is 12.8. The van der Waals surface area contributed by atoms with Gasteiger partial charge < -0.3 is 14.7 Å². The lowest BCUT2D eigenvalue weighted by atomic mass is 10.3. The third kappa shape index (κ3) is 4.65. The maximum atomic E-state index is 12.3. The van der Waals surface area contributed by atoms with Crippen LogP contribution in [-0.2, 0) is 10.0 Å². The number of rotatable bonds is 6. The summed E-state index contributed by atoms with van der Waals surface area (Å²) in [6.07, 6.45) is 0.